The molecule has 3 N–H and O–H groups in total. The van der Waals surface area contributed by atoms with Gasteiger partial charge in [-0.05, 0) is 12.8 Å². The van der Waals surface area contributed by atoms with E-state index in [4.69, 9.17) is 5.11 Å². The average Bonchev–Trinajstić information content (AvgIpc) is 2.45. The first kappa shape index (κ1) is 19.2. The van der Waals surface area contributed by atoms with Crippen LogP contribution >= 0.6 is 0 Å². The Labute approximate surface area is 121 Å². The molecule has 0 aromatic rings. The zero-order valence-electron chi connectivity index (χ0n) is 12.6. The van der Waals surface area contributed by atoms with E-state index in [2.05, 4.69) is 6.92 Å². The lowest BCUT2D eigenvalue weighted by molar-refractivity contribution is -0.165. The van der Waals surface area contributed by atoms with Crippen LogP contribution in [0, 0.1) is 0 Å². The number of ketones is 2. The van der Waals surface area contributed by atoms with Crippen LogP contribution in [0.4, 0.5) is 0 Å². The van der Waals surface area contributed by atoms with Crippen molar-refractivity contribution < 1.29 is 24.9 Å². The lowest BCUT2D eigenvalue weighted by Crippen LogP contribution is -2.55. The highest BCUT2D eigenvalue weighted by molar-refractivity contribution is 5.96. The standard InChI is InChI=1S/C15H28O5/c1-3-5-6-7-8-10-12(17)14(19)15(20,11-16)13(18)9-4-2/h14,16,19-20H,3-11H2,1-2H3. The van der Waals surface area contributed by atoms with Gasteiger partial charge in [-0.2, -0.15) is 0 Å². The summed E-state index contributed by atoms with van der Waals surface area (Å²) >= 11 is 0. The fourth-order valence-corrected chi connectivity index (χ4v) is 2.08. The molecule has 0 aliphatic heterocycles. The lowest BCUT2D eigenvalue weighted by atomic mass is 9.86. The van der Waals surface area contributed by atoms with E-state index >= 15 is 0 Å². The fourth-order valence-electron chi connectivity index (χ4n) is 2.08. The second-order valence-corrected chi connectivity index (χ2v) is 5.29. The zero-order chi connectivity index (χ0) is 15.6. The first-order valence-corrected chi connectivity index (χ1v) is 7.51. The van der Waals surface area contributed by atoms with Crippen molar-refractivity contribution in [2.45, 2.75) is 76.9 Å². The first-order chi connectivity index (χ1) is 9.43. The van der Waals surface area contributed by atoms with Crippen LogP contribution in [-0.2, 0) is 9.59 Å². The van der Waals surface area contributed by atoms with E-state index in [0.29, 0.717) is 12.8 Å². The molecule has 0 fully saturated rings. The minimum Gasteiger partial charge on any atom is -0.393 e. The maximum atomic E-state index is 11.8. The third kappa shape index (κ3) is 5.69. The molecule has 0 aromatic carbocycles. The van der Waals surface area contributed by atoms with Crippen molar-refractivity contribution >= 4 is 11.6 Å². The highest BCUT2D eigenvalue weighted by atomic mass is 16.4. The molecule has 5 nitrogen and oxygen atoms in total. The number of rotatable bonds is 12. The van der Waals surface area contributed by atoms with E-state index in [1.54, 1.807) is 6.92 Å². The highest BCUT2D eigenvalue weighted by Crippen LogP contribution is 2.18. The minimum absolute atomic E-state index is 0.0257. The van der Waals surface area contributed by atoms with Crippen LogP contribution in [0.1, 0.15) is 65.2 Å². The van der Waals surface area contributed by atoms with Crippen LogP contribution in [0.25, 0.3) is 0 Å². The minimum atomic E-state index is -2.35. The molecule has 2 atom stereocenters. The first-order valence-electron chi connectivity index (χ1n) is 7.51. The predicted octanol–water partition coefficient (Wildman–Crippen LogP) is 1.37. The number of carbonyl (C=O) groups excluding carboxylic acids is 2. The van der Waals surface area contributed by atoms with Crippen molar-refractivity contribution in [2.75, 3.05) is 6.61 Å². The lowest BCUT2D eigenvalue weighted by Gasteiger charge is -2.28. The number of unbranched alkanes of at least 4 members (excludes halogenated alkanes) is 4. The molecule has 0 bridgehead atoms. The summed E-state index contributed by atoms with van der Waals surface area (Å²) in [5.74, 6) is -1.27. The van der Waals surface area contributed by atoms with Crippen molar-refractivity contribution in [2.24, 2.45) is 0 Å². The molecule has 0 radical (unpaired) electrons. The third-order valence-electron chi connectivity index (χ3n) is 3.49. The van der Waals surface area contributed by atoms with Gasteiger partial charge in [0.2, 0.25) is 0 Å². The largest absolute Gasteiger partial charge is 0.393 e. The summed E-state index contributed by atoms with van der Waals surface area (Å²) in [4.78, 5) is 23.6. The van der Waals surface area contributed by atoms with Gasteiger partial charge in [0.25, 0.3) is 0 Å². The Bertz CT molecular complexity index is 303. The monoisotopic (exact) mass is 288 g/mol. The number of aliphatic hydroxyl groups excluding tert-OH is 2. The summed E-state index contributed by atoms with van der Waals surface area (Å²) in [6.07, 6.45) is 3.53. The Balaban J connectivity index is 4.40. The fraction of sp³-hybridized carbons (Fsp3) is 0.867. The molecular weight excluding hydrogens is 260 g/mol. The Morgan fingerprint density at radius 3 is 2.10 bits per heavy atom. The molecule has 2 unspecified atom stereocenters. The molecule has 20 heavy (non-hydrogen) atoms. The van der Waals surface area contributed by atoms with E-state index in [9.17, 15) is 19.8 Å². The van der Waals surface area contributed by atoms with Crippen LogP contribution < -0.4 is 0 Å². The summed E-state index contributed by atoms with van der Waals surface area (Å²) in [7, 11) is 0. The number of hydrogen-bond donors (Lipinski definition) is 3. The van der Waals surface area contributed by atoms with Gasteiger partial charge in [0.15, 0.2) is 23.3 Å². The van der Waals surface area contributed by atoms with Gasteiger partial charge < -0.3 is 15.3 Å². The van der Waals surface area contributed by atoms with E-state index in [-0.39, 0.29) is 12.8 Å². The van der Waals surface area contributed by atoms with Crippen LogP contribution in [0.2, 0.25) is 0 Å². The summed E-state index contributed by atoms with van der Waals surface area (Å²) in [5, 5.41) is 29.0. The van der Waals surface area contributed by atoms with Crippen molar-refractivity contribution in [3.63, 3.8) is 0 Å². The van der Waals surface area contributed by atoms with Gasteiger partial charge in [0.05, 0.1) is 6.61 Å². The molecule has 0 rings (SSSR count). The Hall–Kier alpha value is -0.780. The summed E-state index contributed by atoms with van der Waals surface area (Å²) < 4.78 is 0. The summed E-state index contributed by atoms with van der Waals surface area (Å²) in [5.41, 5.74) is -2.35. The van der Waals surface area contributed by atoms with Crippen molar-refractivity contribution in [3.05, 3.63) is 0 Å². The summed E-state index contributed by atoms with van der Waals surface area (Å²) in [6, 6.07) is 0. The van der Waals surface area contributed by atoms with E-state index in [0.717, 1.165) is 25.7 Å². The van der Waals surface area contributed by atoms with Crippen LogP contribution in [0.3, 0.4) is 0 Å². The van der Waals surface area contributed by atoms with Crippen molar-refractivity contribution in [1.29, 1.82) is 0 Å². The molecule has 0 aliphatic carbocycles. The van der Waals surface area contributed by atoms with Gasteiger partial charge in [-0.3, -0.25) is 9.59 Å². The van der Waals surface area contributed by atoms with E-state index < -0.39 is 29.9 Å². The SMILES string of the molecule is CCCCCCCC(=O)C(O)C(O)(CO)C(=O)CCC. The number of hydrogen-bond acceptors (Lipinski definition) is 5. The van der Waals surface area contributed by atoms with Gasteiger partial charge >= 0.3 is 0 Å². The molecule has 0 saturated carbocycles. The van der Waals surface area contributed by atoms with Crippen LogP contribution in [-0.4, -0.2) is 45.2 Å². The predicted molar refractivity (Wildman–Crippen MR) is 76.3 cm³/mol. The van der Waals surface area contributed by atoms with E-state index in [1.807, 2.05) is 0 Å². The molecule has 0 spiro atoms. The number of aliphatic hydroxyl groups is 3. The highest BCUT2D eigenvalue weighted by Gasteiger charge is 2.45. The Kier molecular flexibility index (Phi) is 9.63. The van der Waals surface area contributed by atoms with Gasteiger partial charge in [-0.15, -0.1) is 0 Å². The third-order valence-corrected chi connectivity index (χ3v) is 3.49. The normalized spacial score (nSPS) is 15.7. The molecule has 0 amide bonds. The van der Waals surface area contributed by atoms with Crippen molar-refractivity contribution in [1.82, 2.24) is 0 Å². The van der Waals surface area contributed by atoms with E-state index in [1.165, 1.54) is 0 Å². The molecule has 0 aliphatic rings. The van der Waals surface area contributed by atoms with Crippen LogP contribution in [0.5, 0.6) is 0 Å². The average molecular weight is 288 g/mol. The maximum absolute atomic E-state index is 11.8. The second kappa shape index (κ2) is 10.0. The van der Waals surface area contributed by atoms with Crippen LogP contribution in [0.15, 0.2) is 0 Å². The zero-order valence-corrected chi connectivity index (χ0v) is 12.6. The molecular formula is C15H28O5. The molecule has 5 heteroatoms. The second-order valence-electron chi connectivity index (χ2n) is 5.29. The van der Waals surface area contributed by atoms with Gasteiger partial charge in [0.1, 0.15) is 0 Å². The Morgan fingerprint density at radius 2 is 1.60 bits per heavy atom. The van der Waals surface area contributed by atoms with Crippen molar-refractivity contribution in [3.8, 4) is 0 Å². The van der Waals surface area contributed by atoms with Gasteiger partial charge in [0, 0.05) is 12.8 Å². The molecule has 118 valence electrons. The maximum Gasteiger partial charge on any atom is 0.178 e. The molecule has 0 heterocycles. The molecule has 0 saturated heterocycles. The summed E-state index contributed by atoms with van der Waals surface area (Å²) in [6.45, 7) is 2.90. The smallest absolute Gasteiger partial charge is 0.178 e. The Morgan fingerprint density at radius 1 is 1.00 bits per heavy atom. The quantitative estimate of drug-likeness (QED) is 0.471. The topological polar surface area (TPSA) is 94.8 Å². The van der Waals surface area contributed by atoms with Gasteiger partial charge in [-0.1, -0.05) is 39.5 Å². The number of carbonyl (C=O) groups is 2. The number of Topliss-reactive ketones (excluding diaryl/α,β-unsaturated/α-hetero) is 2. The van der Waals surface area contributed by atoms with Gasteiger partial charge in [-0.25, -0.2) is 0 Å². The molecule has 0 aromatic heterocycles.